The van der Waals surface area contributed by atoms with Gasteiger partial charge in [-0.05, 0) is 45.2 Å². The average Bonchev–Trinajstić information content (AvgIpc) is 2.54. The van der Waals surface area contributed by atoms with Crippen LogP contribution in [0.25, 0.3) is 0 Å². The van der Waals surface area contributed by atoms with E-state index in [4.69, 9.17) is 9.29 Å². The number of likely N-dealkylation sites (N-methyl/N-ethyl adjacent to an activating group) is 1. The number of ether oxygens (including phenoxy) is 1. The molecule has 2 N–H and O–H groups in total. The van der Waals surface area contributed by atoms with Crippen LogP contribution in [0.4, 0.5) is 4.39 Å². The Labute approximate surface area is 141 Å². The largest absolute Gasteiger partial charge is 0.490 e. The maximum atomic E-state index is 12.4. The van der Waals surface area contributed by atoms with E-state index in [1.807, 2.05) is 20.9 Å². The monoisotopic (exact) mass is 356 g/mol. The van der Waals surface area contributed by atoms with E-state index in [1.54, 1.807) is 18.2 Å². The summed E-state index contributed by atoms with van der Waals surface area (Å²) in [5, 5.41) is 3.03. The molecule has 1 aromatic heterocycles. The number of rotatable bonds is 5. The van der Waals surface area contributed by atoms with Crippen LogP contribution in [-0.2, 0) is 10.1 Å². The second-order valence-corrected chi connectivity index (χ2v) is 6.53. The van der Waals surface area contributed by atoms with Gasteiger partial charge in [0, 0.05) is 6.04 Å². The molecule has 8 heteroatoms. The number of benzene rings is 1. The van der Waals surface area contributed by atoms with Gasteiger partial charge in [-0.15, -0.1) is 0 Å². The fourth-order valence-corrected chi connectivity index (χ4v) is 1.94. The first kappa shape index (κ1) is 20.0. The predicted octanol–water partition coefficient (Wildman–Crippen LogP) is 2.45. The van der Waals surface area contributed by atoms with Gasteiger partial charge in [0.05, 0.1) is 11.1 Å². The van der Waals surface area contributed by atoms with Gasteiger partial charge in [0.2, 0.25) is 5.95 Å². The highest BCUT2D eigenvalue weighted by Gasteiger charge is 2.06. The Kier molecular flexibility index (Phi) is 7.76. The smallest absolute Gasteiger partial charge is 0.294 e. The van der Waals surface area contributed by atoms with E-state index in [9.17, 15) is 12.8 Å². The molecule has 0 amide bonds. The molecule has 0 aliphatic carbocycles. The minimum Gasteiger partial charge on any atom is -0.490 e. The van der Waals surface area contributed by atoms with E-state index < -0.39 is 16.1 Å². The lowest BCUT2D eigenvalue weighted by Crippen LogP contribution is -2.28. The summed E-state index contributed by atoms with van der Waals surface area (Å²) >= 11 is 0. The summed E-state index contributed by atoms with van der Waals surface area (Å²) in [6.07, 6.45) is 1.37. The molecule has 1 heterocycles. The second kappa shape index (κ2) is 9.31. The van der Waals surface area contributed by atoms with Crippen molar-refractivity contribution in [2.24, 2.45) is 0 Å². The van der Waals surface area contributed by atoms with Crippen molar-refractivity contribution >= 4 is 10.1 Å². The molecule has 1 aromatic carbocycles. The van der Waals surface area contributed by atoms with Crippen molar-refractivity contribution < 1.29 is 22.1 Å². The molecule has 0 spiro atoms. The molecule has 0 aliphatic heterocycles. The normalized spacial score (nSPS) is 12.0. The lowest BCUT2D eigenvalue weighted by molar-refractivity contribution is 0.278. The summed E-state index contributed by atoms with van der Waals surface area (Å²) in [5.41, 5.74) is 0.956. The van der Waals surface area contributed by atoms with Crippen LogP contribution in [0.2, 0.25) is 0 Å². The Morgan fingerprint density at radius 1 is 1.25 bits per heavy atom. The van der Waals surface area contributed by atoms with E-state index in [0.29, 0.717) is 12.4 Å². The molecule has 132 valence electrons. The third-order valence-electron chi connectivity index (χ3n) is 3.01. The van der Waals surface area contributed by atoms with Crippen LogP contribution in [0, 0.1) is 12.9 Å². The average molecular weight is 356 g/mol. The fraction of sp³-hybridized carbons (Fsp3) is 0.312. The van der Waals surface area contributed by atoms with Gasteiger partial charge >= 0.3 is 0 Å². The number of hydrogen-bond donors (Lipinski definition) is 2. The van der Waals surface area contributed by atoms with Crippen LogP contribution in [-0.4, -0.2) is 37.7 Å². The number of aromatic nitrogens is 1. The lowest BCUT2D eigenvalue weighted by atomic mass is 10.2. The molecule has 24 heavy (non-hydrogen) atoms. The Morgan fingerprint density at radius 2 is 1.88 bits per heavy atom. The van der Waals surface area contributed by atoms with Crippen LogP contribution in [0.1, 0.15) is 12.5 Å². The molecular weight excluding hydrogens is 335 g/mol. The van der Waals surface area contributed by atoms with Crippen molar-refractivity contribution in [3.8, 4) is 5.75 Å². The van der Waals surface area contributed by atoms with Crippen molar-refractivity contribution in [3.63, 3.8) is 0 Å². The minimum atomic E-state index is -4.02. The molecule has 1 atom stereocenters. The number of halogens is 1. The second-order valence-electron chi connectivity index (χ2n) is 5.11. The van der Waals surface area contributed by atoms with Crippen LogP contribution in [0.5, 0.6) is 5.75 Å². The third kappa shape index (κ3) is 7.49. The van der Waals surface area contributed by atoms with Gasteiger partial charge in [-0.1, -0.05) is 17.7 Å². The number of nitrogens with one attached hydrogen (secondary N) is 1. The molecule has 0 bridgehead atoms. The number of aryl methyl sites for hydroxylation is 1. The van der Waals surface area contributed by atoms with Crippen molar-refractivity contribution in [2.45, 2.75) is 24.8 Å². The Balaban J connectivity index is 0.000000243. The van der Waals surface area contributed by atoms with Gasteiger partial charge in [0.15, 0.2) is 0 Å². The Morgan fingerprint density at radius 3 is 2.33 bits per heavy atom. The molecular formula is C16H21FN2O4S. The quantitative estimate of drug-likeness (QED) is 0.632. The molecule has 0 saturated carbocycles. The van der Waals surface area contributed by atoms with E-state index in [2.05, 4.69) is 10.3 Å². The van der Waals surface area contributed by atoms with Crippen LogP contribution in [0.3, 0.4) is 0 Å². The zero-order valence-electron chi connectivity index (χ0n) is 13.7. The molecule has 0 radical (unpaired) electrons. The summed E-state index contributed by atoms with van der Waals surface area (Å²) in [5.74, 6) is 0.0949. The zero-order chi connectivity index (χ0) is 18.2. The first-order valence-corrected chi connectivity index (χ1v) is 8.62. The van der Waals surface area contributed by atoms with Gasteiger partial charge in [-0.3, -0.25) is 4.55 Å². The first-order chi connectivity index (χ1) is 11.2. The summed E-state index contributed by atoms with van der Waals surface area (Å²) in [6.45, 7) is 4.38. The maximum Gasteiger partial charge on any atom is 0.294 e. The highest BCUT2D eigenvalue weighted by Crippen LogP contribution is 2.09. The van der Waals surface area contributed by atoms with Gasteiger partial charge < -0.3 is 10.1 Å². The van der Waals surface area contributed by atoms with Crippen molar-refractivity contribution in [3.05, 3.63) is 54.1 Å². The van der Waals surface area contributed by atoms with Gasteiger partial charge in [0.1, 0.15) is 12.4 Å². The fourth-order valence-electron chi connectivity index (χ4n) is 1.46. The summed E-state index contributed by atoms with van der Waals surface area (Å²) in [7, 11) is -2.16. The highest BCUT2D eigenvalue weighted by atomic mass is 32.2. The highest BCUT2D eigenvalue weighted by molar-refractivity contribution is 7.85. The summed E-state index contributed by atoms with van der Waals surface area (Å²) in [4.78, 5) is 3.40. The Hall–Kier alpha value is -2.03. The van der Waals surface area contributed by atoms with Crippen LogP contribution < -0.4 is 10.1 Å². The lowest BCUT2D eigenvalue weighted by Gasteiger charge is -2.11. The van der Waals surface area contributed by atoms with Gasteiger partial charge in [-0.25, -0.2) is 4.98 Å². The minimum absolute atomic E-state index is 0.0666. The van der Waals surface area contributed by atoms with Gasteiger partial charge in [-0.2, -0.15) is 12.8 Å². The van der Waals surface area contributed by atoms with Crippen molar-refractivity contribution in [1.29, 1.82) is 0 Å². The van der Waals surface area contributed by atoms with E-state index >= 15 is 0 Å². The van der Waals surface area contributed by atoms with E-state index in [-0.39, 0.29) is 10.9 Å². The van der Waals surface area contributed by atoms with Crippen molar-refractivity contribution in [1.82, 2.24) is 10.3 Å². The predicted molar refractivity (Wildman–Crippen MR) is 89.2 cm³/mol. The molecule has 0 fully saturated rings. The SMILES string of the molecule is CN[C@H](C)COc1ccc(F)nc1.Cc1ccc(S(=O)(=O)O)cc1. The topological polar surface area (TPSA) is 88.5 Å². The first-order valence-electron chi connectivity index (χ1n) is 7.18. The molecule has 0 aliphatic rings. The Bertz CT molecular complexity index is 719. The van der Waals surface area contributed by atoms with Crippen LogP contribution >= 0.6 is 0 Å². The number of hydrogen-bond acceptors (Lipinski definition) is 5. The van der Waals surface area contributed by atoms with Crippen molar-refractivity contribution in [2.75, 3.05) is 13.7 Å². The molecule has 2 rings (SSSR count). The maximum absolute atomic E-state index is 12.4. The third-order valence-corrected chi connectivity index (χ3v) is 3.88. The van der Waals surface area contributed by atoms with E-state index in [1.165, 1.54) is 24.4 Å². The summed E-state index contributed by atoms with van der Waals surface area (Å²) < 4.78 is 47.2. The standard InChI is InChI=1S/C9H13FN2O.C7H8O3S/c1-7(11-2)6-13-8-3-4-9(10)12-5-8;1-6-2-4-7(5-3-6)11(8,9)10/h3-5,7,11H,6H2,1-2H3;2-5H,1H3,(H,8,9,10)/t7-;/m1./s1. The zero-order valence-corrected chi connectivity index (χ0v) is 14.5. The van der Waals surface area contributed by atoms with Gasteiger partial charge in [0.25, 0.3) is 10.1 Å². The summed E-state index contributed by atoms with van der Waals surface area (Å²) in [6, 6.07) is 9.09. The van der Waals surface area contributed by atoms with E-state index in [0.717, 1.165) is 5.56 Å². The number of nitrogens with zero attached hydrogens (tertiary/aromatic N) is 1. The molecule has 2 aromatic rings. The van der Waals surface area contributed by atoms with Crippen LogP contribution in [0.15, 0.2) is 47.5 Å². The molecule has 0 saturated heterocycles. The molecule has 6 nitrogen and oxygen atoms in total. The number of pyridine rings is 1. The molecule has 0 unspecified atom stereocenters.